The van der Waals surface area contributed by atoms with Crippen LogP contribution in [0.1, 0.15) is 35.8 Å². The van der Waals surface area contributed by atoms with Crippen molar-refractivity contribution in [3.63, 3.8) is 0 Å². The summed E-state index contributed by atoms with van der Waals surface area (Å²) in [6.07, 6.45) is 2.85. The van der Waals surface area contributed by atoms with Crippen molar-refractivity contribution in [3.05, 3.63) is 34.8 Å². The molecule has 0 spiro atoms. The number of hydrogen-bond acceptors (Lipinski definition) is 10. The lowest BCUT2D eigenvalue weighted by Gasteiger charge is -2.32. The summed E-state index contributed by atoms with van der Waals surface area (Å²) in [7, 11) is 0. The maximum atomic E-state index is 12.6. The van der Waals surface area contributed by atoms with Crippen LogP contribution in [0.15, 0.2) is 18.3 Å². The number of carboxylic acid groups (broad SMARTS) is 3. The molecule has 0 unspecified atom stereocenters. The summed E-state index contributed by atoms with van der Waals surface area (Å²) in [6, 6.07) is 2.87. The quantitative estimate of drug-likeness (QED) is 0.128. The molecule has 2 rings (SSSR count). The predicted molar refractivity (Wildman–Crippen MR) is 138 cm³/mol. The largest absolute Gasteiger partial charge is 0.618 e. The molecule has 1 aromatic rings. The molecule has 218 valence electrons. The van der Waals surface area contributed by atoms with Gasteiger partial charge in [-0.3, -0.25) is 34.0 Å². The van der Waals surface area contributed by atoms with Crippen LogP contribution in [0.4, 0.5) is 0 Å². The minimum absolute atomic E-state index is 0.145. The van der Waals surface area contributed by atoms with Gasteiger partial charge >= 0.3 is 23.9 Å². The standard InChI is InChI=1S/C25H39N5O9/c1-2-3-14-39-25(37)20-4-5-30(38)21(15-20)16-26-6-8-27(17-22(31)32)10-12-29(19-24(35)36)13-11-28(9-7-26)18-23(33)34/h4-5,15H,2-3,6-14,16-19H2,1H3,(H,31,32)(H,33,34)(H,35,36). The Bertz CT molecular complexity index is 945. The molecule has 0 radical (unpaired) electrons. The molecule has 0 aliphatic carbocycles. The Morgan fingerprint density at radius 2 is 1.26 bits per heavy atom. The van der Waals surface area contributed by atoms with E-state index in [0.29, 0.717) is 62.8 Å². The number of carbonyl (C=O) groups excluding carboxylic acids is 1. The zero-order valence-corrected chi connectivity index (χ0v) is 22.4. The number of carboxylic acids is 3. The van der Waals surface area contributed by atoms with Crippen molar-refractivity contribution < 1.29 is 44.0 Å². The minimum atomic E-state index is -1.02. The first-order valence-electron chi connectivity index (χ1n) is 13.0. The monoisotopic (exact) mass is 553 g/mol. The van der Waals surface area contributed by atoms with Crippen LogP contribution in [0.3, 0.4) is 0 Å². The topological polar surface area (TPSA) is 178 Å². The van der Waals surface area contributed by atoms with Crippen LogP contribution in [-0.4, -0.2) is 137 Å². The highest BCUT2D eigenvalue weighted by molar-refractivity contribution is 5.89. The van der Waals surface area contributed by atoms with Crippen molar-refractivity contribution in [1.29, 1.82) is 0 Å². The van der Waals surface area contributed by atoms with Gasteiger partial charge in [-0.15, -0.1) is 0 Å². The summed E-state index contributed by atoms with van der Waals surface area (Å²) in [4.78, 5) is 53.6. The summed E-state index contributed by atoms with van der Waals surface area (Å²) in [5.74, 6) is -3.58. The minimum Gasteiger partial charge on any atom is -0.618 e. The molecular formula is C25H39N5O9. The first-order chi connectivity index (χ1) is 18.6. The summed E-state index contributed by atoms with van der Waals surface area (Å²) in [5, 5.41) is 40.6. The molecule has 0 aromatic carbocycles. The third kappa shape index (κ3) is 12.4. The van der Waals surface area contributed by atoms with E-state index in [1.54, 1.807) is 14.7 Å². The summed E-state index contributed by atoms with van der Waals surface area (Å²) >= 11 is 0. The summed E-state index contributed by atoms with van der Waals surface area (Å²) in [5.41, 5.74) is 0.551. The zero-order chi connectivity index (χ0) is 28.8. The van der Waals surface area contributed by atoms with E-state index in [1.165, 1.54) is 18.3 Å². The molecule has 39 heavy (non-hydrogen) atoms. The van der Waals surface area contributed by atoms with E-state index in [2.05, 4.69) is 0 Å². The number of aromatic nitrogens is 1. The number of unbranched alkanes of at least 4 members (excludes halogenated alkanes) is 1. The van der Waals surface area contributed by atoms with E-state index in [0.717, 1.165) is 12.8 Å². The number of pyridine rings is 1. The van der Waals surface area contributed by atoms with E-state index in [-0.39, 0.29) is 38.3 Å². The maximum Gasteiger partial charge on any atom is 0.338 e. The molecule has 0 bridgehead atoms. The van der Waals surface area contributed by atoms with Gasteiger partial charge in [0.05, 0.1) is 38.3 Å². The van der Waals surface area contributed by atoms with Crippen LogP contribution >= 0.6 is 0 Å². The molecule has 2 heterocycles. The Morgan fingerprint density at radius 1 is 0.821 bits per heavy atom. The second kappa shape index (κ2) is 16.6. The highest BCUT2D eigenvalue weighted by Gasteiger charge is 2.22. The number of hydrogen-bond donors (Lipinski definition) is 3. The lowest BCUT2D eigenvalue weighted by Crippen LogP contribution is -2.49. The molecule has 14 nitrogen and oxygen atoms in total. The van der Waals surface area contributed by atoms with Gasteiger partial charge in [0.1, 0.15) is 0 Å². The molecule has 1 saturated heterocycles. The van der Waals surface area contributed by atoms with E-state index in [4.69, 9.17) is 4.74 Å². The average Bonchev–Trinajstić information content (AvgIpc) is 2.85. The van der Waals surface area contributed by atoms with Crippen molar-refractivity contribution in [1.82, 2.24) is 19.6 Å². The summed E-state index contributed by atoms with van der Waals surface area (Å²) in [6.45, 7) is 4.25. The van der Waals surface area contributed by atoms with Crippen molar-refractivity contribution in [2.45, 2.75) is 26.3 Å². The van der Waals surface area contributed by atoms with Crippen LogP contribution in [-0.2, 0) is 25.7 Å². The van der Waals surface area contributed by atoms with Crippen LogP contribution in [0, 0.1) is 5.21 Å². The fourth-order valence-corrected chi connectivity index (χ4v) is 4.18. The Labute approximate surface area is 227 Å². The van der Waals surface area contributed by atoms with E-state index >= 15 is 0 Å². The first-order valence-corrected chi connectivity index (χ1v) is 13.0. The van der Waals surface area contributed by atoms with Crippen LogP contribution in [0.2, 0.25) is 0 Å². The number of carbonyl (C=O) groups is 4. The Kier molecular flexibility index (Phi) is 13.6. The van der Waals surface area contributed by atoms with Crippen LogP contribution in [0.5, 0.6) is 0 Å². The van der Waals surface area contributed by atoms with Gasteiger partial charge in [0.2, 0.25) is 5.69 Å². The van der Waals surface area contributed by atoms with Crippen molar-refractivity contribution in [3.8, 4) is 0 Å². The normalized spacial score (nSPS) is 17.2. The molecule has 14 heteroatoms. The molecule has 0 atom stereocenters. The Morgan fingerprint density at radius 3 is 1.67 bits per heavy atom. The maximum absolute atomic E-state index is 12.6. The SMILES string of the molecule is CCCCOC(=O)c1cc[n+]([O-])c(CN2CCN(CC(=O)O)CCN(CC(=O)O)CCN(CC(=O)O)CC2)c1. The van der Waals surface area contributed by atoms with Gasteiger partial charge in [-0.25, -0.2) is 4.79 Å². The van der Waals surface area contributed by atoms with Crippen molar-refractivity contribution in [2.24, 2.45) is 0 Å². The highest BCUT2D eigenvalue weighted by atomic mass is 16.5. The number of rotatable bonds is 12. The fraction of sp³-hybridized carbons (Fsp3) is 0.640. The van der Waals surface area contributed by atoms with Crippen LogP contribution in [0.25, 0.3) is 0 Å². The number of ether oxygens (including phenoxy) is 1. The molecule has 1 aliphatic rings. The van der Waals surface area contributed by atoms with E-state index < -0.39 is 23.9 Å². The Hall–Kier alpha value is -3.33. The number of nitrogens with zero attached hydrogens (tertiary/aromatic N) is 5. The summed E-state index contributed by atoms with van der Waals surface area (Å²) < 4.78 is 5.91. The van der Waals surface area contributed by atoms with Crippen molar-refractivity contribution >= 4 is 23.9 Å². The second-order valence-electron chi connectivity index (χ2n) is 9.51. The Balaban J connectivity index is 2.23. The second-order valence-corrected chi connectivity index (χ2v) is 9.51. The van der Waals surface area contributed by atoms with E-state index in [1.807, 2.05) is 11.8 Å². The van der Waals surface area contributed by atoms with Crippen molar-refractivity contribution in [2.75, 3.05) is 78.6 Å². The molecule has 1 aliphatic heterocycles. The number of esters is 1. The van der Waals surface area contributed by atoms with Gasteiger partial charge in [-0.2, -0.15) is 4.73 Å². The third-order valence-corrected chi connectivity index (χ3v) is 6.35. The molecule has 1 fully saturated rings. The van der Waals surface area contributed by atoms with Gasteiger partial charge in [0, 0.05) is 64.5 Å². The zero-order valence-electron chi connectivity index (χ0n) is 22.4. The van der Waals surface area contributed by atoms with E-state index in [9.17, 15) is 39.7 Å². The molecular weight excluding hydrogens is 514 g/mol. The predicted octanol–water partition coefficient (Wildman–Crippen LogP) is -0.748. The third-order valence-electron chi connectivity index (χ3n) is 6.35. The molecule has 3 N–H and O–H groups in total. The number of aliphatic carboxylic acids is 3. The first kappa shape index (κ1) is 31.9. The van der Waals surface area contributed by atoms with Gasteiger partial charge in [0.15, 0.2) is 6.20 Å². The lowest BCUT2D eigenvalue weighted by molar-refractivity contribution is -0.615. The van der Waals surface area contributed by atoms with Gasteiger partial charge in [0.25, 0.3) is 0 Å². The lowest BCUT2D eigenvalue weighted by atomic mass is 10.2. The smallest absolute Gasteiger partial charge is 0.338 e. The average molecular weight is 554 g/mol. The van der Waals surface area contributed by atoms with Gasteiger partial charge in [-0.05, 0) is 6.42 Å². The van der Waals surface area contributed by atoms with Gasteiger partial charge < -0.3 is 25.3 Å². The molecule has 0 amide bonds. The molecule has 1 aromatic heterocycles. The fourth-order valence-electron chi connectivity index (χ4n) is 4.18. The highest BCUT2D eigenvalue weighted by Crippen LogP contribution is 2.08. The molecule has 0 saturated carbocycles. The van der Waals surface area contributed by atoms with Crippen LogP contribution < -0.4 is 4.73 Å². The van der Waals surface area contributed by atoms with Gasteiger partial charge in [-0.1, -0.05) is 13.3 Å².